The second kappa shape index (κ2) is 3.42. The molecule has 0 amide bonds. The first-order valence-corrected chi connectivity index (χ1v) is 3.99. The zero-order chi connectivity index (χ0) is 9.14. The van der Waals surface area contributed by atoms with Crippen LogP contribution in [0.25, 0.3) is 0 Å². The third kappa shape index (κ3) is 1.66. The third-order valence-corrected chi connectivity index (χ3v) is 1.91. The third-order valence-electron chi connectivity index (χ3n) is 1.91. The first-order chi connectivity index (χ1) is 5.65. The molecular weight excluding hydrogens is 150 g/mol. The summed E-state index contributed by atoms with van der Waals surface area (Å²) in [5.41, 5.74) is 7.37. The van der Waals surface area contributed by atoms with Gasteiger partial charge in [0.1, 0.15) is 11.8 Å². The van der Waals surface area contributed by atoms with Crippen molar-refractivity contribution in [1.29, 1.82) is 5.26 Å². The highest BCUT2D eigenvalue weighted by Crippen LogP contribution is 2.17. The van der Waals surface area contributed by atoms with E-state index in [2.05, 4.69) is 18.8 Å². The Labute approximate surface area is 72.2 Å². The van der Waals surface area contributed by atoms with Crippen molar-refractivity contribution >= 4 is 0 Å². The molecule has 3 nitrogen and oxygen atoms in total. The lowest BCUT2D eigenvalue weighted by atomic mass is 10.0. The molecule has 1 aromatic heterocycles. The van der Waals surface area contributed by atoms with Crippen LogP contribution in [0.15, 0.2) is 12.1 Å². The second-order valence-electron chi connectivity index (χ2n) is 3.21. The van der Waals surface area contributed by atoms with Gasteiger partial charge in [-0.2, -0.15) is 5.26 Å². The van der Waals surface area contributed by atoms with Gasteiger partial charge in [-0.25, -0.2) is 0 Å². The van der Waals surface area contributed by atoms with Crippen LogP contribution in [0, 0.1) is 17.2 Å². The number of hydrogen-bond acceptors (Lipinski definition) is 2. The Hall–Kier alpha value is -1.27. The first kappa shape index (κ1) is 8.82. The van der Waals surface area contributed by atoms with Crippen molar-refractivity contribution < 1.29 is 0 Å². The molecule has 0 aliphatic carbocycles. The van der Waals surface area contributed by atoms with Crippen molar-refractivity contribution in [2.24, 2.45) is 11.7 Å². The molecule has 0 unspecified atom stereocenters. The highest BCUT2D eigenvalue weighted by atomic mass is 14.8. The van der Waals surface area contributed by atoms with Gasteiger partial charge in [0.15, 0.2) is 0 Å². The predicted molar refractivity (Wildman–Crippen MR) is 47.3 cm³/mol. The van der Waals surface area contributed by atoms with E-state index < -0.39 is 0 Å². The average molecular weight is 163 g/mol. The van der Waals surface area contributed by atoms with E-state index in [4.69, 9.17) is 11.0 Å². The zero-order valence-corrected chi connectivity index (χ0v) is 7.33. The molecule has 0 bridgehead atoms. The van der Waals surface area contributed by atoms with E-state index in [1.54, 1.807) is 6.07 Å². The Morgan fingerprint density at radius 3 is 2.58 bits per heavy atom. The van der Waals surface area contributed by atoms with Crippen molar-refractivity contribution in [3.63, 3.8) is 0 Å². The highest BCUT2D eigenvalue weighted by Gasteiger charge is 2.11. The van der Waals surface area contributed by atoms with E-state index in [1.807, 2.05) is 12.1 Å². The number of hydrogen-bond donors (Lipinski definition) is 2. The van der Waals surface area contributed by atoms with E-state index in [9.17, 15) is 0 Å². The van der Waals surface area contributed by atoms with Crippen LogP contribution >= 0.6 is 0 Å². The molecule has 1 aromatic rings. The molecule has 0 aromatic carbocycles. The molecule has 1 atom stereocenters. The van der Waals surface area contributed by atoms with E-state index >= 15 is 0 Å². The number of nitriles is 1. The summed E-state index contributed by atoms with van der Waals surface area (Å²) in [6.07, 6.45) is 0. The van der Waals surface area contributed by atoms with Crippen LogP contribution in [-0.2, 0) is 0 Å². The molecule has 0 saturated heterocycles. The largest absolute Gasteiger partial charge is 0.349 e. The minimum Gasteiger partial charge on any atom is -0.349 e. The maximum Gasteiger partial charge on any atom is 0.117 e. The number of nitrogens with one attached hydrogen (secondary N) is 1. The van der Waals surface area contributed by atoms with Gasteiger partial charge in [0.05, 0.1) is 0 Å². The average Bonchev–Trinajstić information content (AvgIpc) is 2.50. The molecule has 1 heterocycles. The number of aromatic amines is 1. The van der Waals surface area contributed by atoms with Gasteiger partial charge in [0.25, 0.3) is 0 Å². The topological polar surface area (TPSA) is 65.6 Å². The van der Waals surface area contributed by atoms with Gasteiger partial charge in [-0.15, -0.1) is 0 Å². The Morgan fingerprint density at radius 1 is 1.50 bits per heavy atom. The van der Waals surface area contributed by atoms with Gasteiger partial charge >= 0.3 is 0 Å². The second-order valence-corrected chi connectivity index (χ2v) is 3.21. The van der Waals surface area contributed by atoms with Crippen LogP contribution < -0.4 is 5.73 Å². The smallest absolute Gasteiger partial charge is 0.117 e. The van der Waals surface area contributed by atoms with E-state index in [0.717, 1.165) is 5.69 Å². The molecule has 0 aliphatic heterocycles. The maximum absolute atomic E-state index is 8.55. The lowest BCUT2D eigenvalue weighted by Gasteiger charge is -2.13. The van der Waals surface area contributed by atoms with Gasteiger partial charge in [-0.05, 0) is 18.1 Å². The fourth-order valence-electron chi connectivity index (χ4n) is 1.03. The van der Waals surface area contributed by atoms with Crippen molar-refractivity contribution in [2.45, 2.75) is 19.9 Å². The summed E-state index contributed by atoms with van der Waals surface area (Å²) < 4.78 is 0. The van der Waals surface area contributed by atoms with Crippen molar-refractivity contribution in [3.05, 3.63) is 23.5 Å². The minimum atomic E-state index is -0.00731. The molecule has 0 saturated carbocycles. The summed E-state index contributed by atoms with van der Waals surface area (Å²) >= 11 is 0. The Morgan fingerprint density at radius 2 is 2.17 bits per heavy atom. The summed E-state index contributed by atoms with van der Waals surface area (Å²) in [5.74, 6) is 0.384. The van der Waals surface area contributed by atoms with Gasteiger partial charge in [0.2, 0.25) is 0 Å². The number of H-pyrrole nitrogens is 1. The fraction of sp³-hybridized carbons (Fsp3) is 0.444. The highest BCUT2D eigenvalue weighted by molar-refractivity contribution is 5.25. The first-order valence-electron chi connectivity index (χ1n) is 3.99. The van der Waals surface area contributed by atoms with Crippen molar-refractivity contribution in [3.8, 4) is 6.07 Å². The summed E-state index contributed by atoms with van der Waals surface area (Å²) in [5, 5.41) is 8.55. The minimum absolute atomic E-state index is 0.00731. The number of nitrogens with zero attached hydrogens (tertiary/aromatic N) is 1. The Kier molecular flexibility index (Phi) is 2.51. The maximum atomic E-state index is 8.55. The summed E-state index contributed by atoms with van der Waals surface area (Å²) in [4.78, 5) is 2.96. The van der Waals surface area contributed by atoms with Crippen LogP contribution in [0.3, 0.4) is 0 Å². The van der Waals surface area contributed by atoms with Gasteiger partial charge < -0.3 is 10.7 Å². The van der Waals surface area contributed by atoms with Crippen molar-refractivity contribution in [2.75, 3.05) is 0 Å². The molecule has 0 radical (unpaired) electrons. The van der Waals surface area contributed by atoms with Crippen LogP contribution in [-0.4, -0.2) is 4.98 Å². The van der Waals surface area contributed by atoms with Gasteiger partial charge in [-0.1, -0.05) is 13.8 Å². The molecular formula is C9H13N3. The zero-order valence-electron chi connectivity index (χ0n) is 7.33. The quantitative estimate of drug-likeness (QED) is 0.694. The van der Waals surface area contributed by atoms with Crippen LogP contribution in [0.1, 0.15) is 31.3 Å². The predicted octanol–water partition coefficient (Wildman–Crippen LogP) is 1.54. The van der Waals surface area contributed by atoms with Gasteiger partial charge in [-0.3, -0.25) is 0 Å². The molecule has 0 aliphatic rings. The van der Waals surface area contributed by atoms with Crippen LogP contribution in [0.5, 0.6) is 0 Å². The summed E-state index contributed by atoms with van der Waals surface area (Å²) in [6.45, 7) is 4.11. The number of nitrogens with two attached hydrogens (primary N) is 1. The Balaban J connectivity index is 2.83. The lowest BCUT2D eigenvalue weighted by Crippen LogP contribution is -2.16. The molecule has 0 spiro atoms. The normalized spacial score (nSPS) is 12.9. The van der Waals surface area contributed by atoms with Crippen LogP contribution in [0.2, 0.25) is 0 Å². The summed E-state index contributed by atoms with van der Waals surface area (Å²) in [7, 11) is 0. The van der Waals surface area contributed by atoms with E-state index in [-0.39, 0.29) is 6.04 Å². The number of aromatic nitrogens is 1. The fourth-order valence-corrected chi connectivity index (χ4v) is 1.03. The SMILES string of the molecule is CC(C)[C@@H](N)c1ccc(C#N)[nH]1. The molecule has 12 heavy (non-hydrogen) atoms. The molecule has 3 heteroatoms. The van der Waals surface area contributed by atoms with Gasteiger partial charge in [0, 0.05) is 11.7 Å². The molecule has 1 rings (SSSR count). The lowest BCUT2D eigenvalue weighted by molar-refractivity contribution is 0.505. The number of rotatable bonds is 2. The molecule has 0 fully saturated rings. The van der Waals surface area contributed by atoms with Crippen LogP contribution in [0.4, 0.5) is 0 Å². The summed E-state index contributed by atoms with van der Waals surface area (Å²) in [6, 6.07) is 5.63. The molecule has 64 valence electrons. The standard InChI is InChI=1S/C9H13N3/c1-6(2)9(11)8-4-3-7(5-10)12-8/h3-4,6,9,12H,11H2,1-2H3/t9-/m1/s1. The van der Waals surface area contributed by atoms with E-state index in [1.165, 1.54) is 0 Å². The monoisotopic (exact) mass is 163 g/mol. The molecule has 3 N–H and O–H groups in total. The van der Waals surface area contributed by atoms with E-state index in [0.29, 0.717) is 11.6 Å². The Bertz CT molecular complexity index is 293. The van der Waals surface area contributed by atoms with Crippen molar-refractivity contribution in [1.82, 2.24) is 4.98 Å².